The minimum Gasteiger partial charge on any atom is -0.332 e. The van der Waals surface area contributed by atoms with Gasteiger partial charge in [-0.1, -0.05) is 23.8 Å². The number of hydrogen-bond donors (Lipinski definition) is 2. The molecule has 1 amide bonds. The second-order valence-corrected chi connectivity index (χ2v) is 9.01. The largest absolute Gasteiger partial charge is 0.332 e. The Morgan fingerprint density at radius 3 is 2.28 bits per heavy atom. The first-order valence-corrected chi connectivity index (χ1v) is 11.2. The maximum atomic E-state index is 12.7. The van der Waals surface area contributed by atoms with Crippen LogP contribution in [0.3, 0.4) is 0 Å². The molecule has 168 valence electrons. The lowest BCUT2D eigenvalue weighted by Crippen LogP contribution is -2.34. The van der Waals surface area contributed by atoms with E-state index in [9.17, 15) is 23.3 Å². The summed E-state index contributed by atoms with van der Waals surface area (Å²) in [5.74, 6) is -0.675. The van der Waals surface area contributed by atoms with Gasteiger partial charge in [-0.25, -0.2) is 8.42 Å². The molecule has 9 nitrogen and oxygen atoms in total. The monoisotopic (exact) mass is 494 g/mol. The Hall–Kier alpha value is -3.12. The maximum Gasteiger partial charge on any atom is 0.288 e. The minimum absolute atomic E-state index is 0.00350. The molecule has 0 spiro atoms. The van der Waals surface area contributed by atoms with Crippen molar-refractivity contribution in [3.05, 3.63) is 88.5 Å². The zero-order chi connectivity index (χ0) is 23.9. The highest BCUT2D eigenvalue weighted by molar-refractivity contribution is 7.89. The number of carbonyl (C=O) groups excluding carboxylic acids is 1. The van der Waals surface area contributed by atoms with Gasteiger partial charge in [0.25, 0.3) is 11.6 Å². The van der Waals surface area contributed by atoms with Crippen molar-refractivity contribution in [3.8, 4) is 0 Å². The molecular weight excluding hydrogens is 476 g/mol. The average molecular weight is 495 g/mol. The van der Waals surface area contributed by atoms with E-state index >= 15 is 0 Å². The summed E-state index contributed by atoms with van der Waals surface area (Å²) in [5.41, 5.74) is 0.0171. The summed E-state index contributed by atoms with van der Waals surface area (Å²) in [4.78, 5) is 22.6. The first kappa shape index (κ1) is 25.1. The second-order valence-electron chi connectivity index (χ2n) is 6.26. The van der Waals surface area contributed by atoms with E-state index in [0.29, 0.717) is 5.69 Å². The van der Waals surface area contributed by atoms with E-state index in [0.717, 1.165) is 6.07 Å². The van der Waals surface area contributed by atoms with Gasteiger partial charge in [-0.2, -0.15) is 4.31 Å². The summed E-state index contributed by atoms with van der Waals surface area (Å²) in [6.45, 7) is 7.39. The molecule has 0 saturated heterocycles. The molecule has 0 bridgehead atoms. The first-order chi connectivity index (χ1) is 15.1. The Morgan fingerprint density at radius 1 is 1.16 bits per heavy atom. The molecular formula is C20H19ClN4O5S2. The molecule has 2 aromatic carbocycles. The fourth-order valence-electron chi connectivity index (χ4n) is 2.55. The van der Waals surface area contributed by atoms with E-state index in [2.05, 4.69) is 23.8 Å². The smallest absolute Gasteiger partial charge is 0.288 e. The summed E-state index contributed by atoms with van der Waals surface area (Å²) in [7, 11) is -3.75. The zero-order valence-corrected chi connectivity index (χ0v) is 19.0. The normalized spacial score (nSPS) is 10.9. The lowest BCUT2D eigenvalue weighted by molar-refractivity contribution is -0.384. The van der Waals surface area contributed by atoms with Gasteiger partial charge in [-0.15, -0.1) is 13.2 Å². The standard InChI is InChI=1S/C20H19ClN4O5S2/c1-3-11-24(12-4-2)32(29,30)16-8-6-15(7-9-16)22-20(31)23-19(26)14-5-10-17(21)18(13-14)25(27)28/h3-10,13H,1-2,11-12H2,(H2,22,23,26,31). The number of halogens is 1. The molecule has 0 atom stereocenters. The van der Waals surface area contributed by atoms with Crippen LogP contribution in [0.15, 0.2) is 72.7 Å². The molecule has 12 heteroatoms. The molecule has 0 aliphatic rings. The fourth-order valence-corrected chi connectivity index (χ4v) is 4.33. The molecule has 2 rings (SSSR count). The number of sulfonamides is 1. The van der Waals surface area contributed by atoms with Crippen molar-refractivity contribution in [1.82, 2.24) is 9.62 Å². The van der Waals surface area contributed by atoms with Crippen LogP contribution in [0.2, 0.25) is 5.02 Å². The van der Waals surface area contributed by atoms with Gasteiger partial charge in [0.1, 0.15) is 5.02 Å². The van der Waals surface area contributed by atoms with Gasteiger partial charge in [0, 0.05) is 30.4 Å². The van der Waals surface area contributed by atoms with Crippen LogP contribution < -0.4 is 10.6 Å². The molecule has 0 heterocycles. The Labute approximate surface area is 195 Å². The topological polar surface area (TPSA) is 122 Å². The summed E-state index contributed by atoms with van der Waals surface area (Å²) in [6.07, 6.45) is 2.96. The molecule has 0 aromatic heterocycles. The summed E-state index contributed by atoms with van der Waals surface area (Å²) in [5, 5.41) is 15.9. The van der Waals surface area contributed by atoms with E-state index in [1.807, 2.05) is 0 Å². The Bertz CT molecular complexity index is 1160. The summed E-state index contributed by atoms with van der Waals surface area (Å²) < 4.78 is 26.6. The van der Waals surface area contributed by atoms with E-state index in [1.54, 1.807) is 0 Å². The van der Waals surface area contributed by atoms with Gasteiger partial charge in [-0.3, -0.25) is 20.2 Å². The molecule has 0 fully saturated rings. The van der Waals surface area contributed by atoms with E-state index < -0.39 is 26.5 Å². The van der Waals surface area contributed by atoms with Gasteiger partial charge < -0.3 is 5.32 Å². The lowest BCUT2D eigenvalue weighted by atomic mass is 10.2. The highest BCUT2D eigenvalue weighted by Gasteiger charge is 2.22. The molecule has 2 aromatic rings. The third-order valence-electron chi connectivity index (χ3n) is 4.05. The van der Waals surface area contributed by atoms with Crippen LogP contribution in [0.5, 0.6) is 0 Å². The van der Waals surface area contributed by atoms with Gasteiger partial charge in [0.05, 0.1) is 9.82 Å². The molecule has 32 heavy (non-hydrogen) atoms. The summed E-state index contributed by atoms with van der Waals surface area (Å²) in [6, 6.07) is 9.36. The van der Waals surface area contributed by atoms with E-state index in [1.165, 1.54) is 52.9 Å². The second kappa shape index (κ2) is 11.0. The number of rotatable bonds is 9. The van der Waals surface area contributed by atoms with Crippen molar-refractivity contribution in [2.75, 3.05) is 18.4 Å². The van der Waals surface area contributed by atoms with Crippen LogP contribution in [-0.4, -0.2) is 41.8 Å². The van der Waals surface area contributed by atoms with Crippen LogP contribution in [0.1, 0.15) is 10.4 Å². The van der Waals surface area contributed by atoms with Gasteiger partial charge in [0.15, 0.2) is 5.11 Å². The first-order valence-electron chi connectivity index (χ1n) is 8.98. The number of nitro groups is 1. The molecule has 0 aliphatic carbocycles. The highest BCUT2D eigenvalue weighted by Crippen LogP contribution is 2.25. The third-order valence-corrected chi connectivity index (χ3v) is 6.42. The van der Waals surface area contributed by atoms with Crippen molar-refractivity contribution < 1.29 is 18.1 Å². The number of nitrogens with zero attached hydrogens (tertiary/aromatic N) is 2. The zero-order valence-electron chi connectivity index (χ0n) is 16.7. The molecule has 2 N–H and O–H groups in total. The van der Waals surface area contributed by atoms with Gasteiger partial charge >= 0.3 is 0 Å². The maximum absolute atomic E-state index is 12.7. The van der Waals surface area contributed by atoms with E-state index in [-0.39, 0.29) is 33.7 Å². The van der Waals surface area contributed by atoms with Crippen LogP contribution in [0, 0.1) is 10.1 Å². The van der Waals surface area contributed by atoms with Gasteiger partial charge in [0.2, 0.25) is 10.0 Å². The quantitative estimate of drug-likeness (QED) is 0.235. The molecule has 0 radical (unpaired) electrons. The highest BCUT2D eigenvalue weighted by atomic mass is 35.5. The number of thiocarbonyl (C=S) groups is 1. The van der Waals surface area contributed by atoms with Crippen molar-refractivity contribution >= 4 is 56.2 Å². The van der Waals surface area contributed by atoms with Crippen molar-refractivity contribution in [1.29, 1.82) is 0 Å². The average Bonchev–Trinajstić information content (AvgIpc) is 2.74. The Kier molecular flexibility index (Phi) is 8.61. The number of anilines is 1. The Morgan fingerprint density at radius 2 is 1.75 bits per heavy atom. The molecule has 0 unspecified atom stereocenters. The Balaban J connectivity index is 2.09. The van der Waals surface area contributed by atoms with Crippen LogP contribution >= 0.6 is 23.8 Å². The summed E-state index contributed by atoms with van der Waals surface area (Å²) >= 11 is 10.8. The molecule has 0 saturated carbocycles. The number of amides is 1. The van der Waals surface area contributed by atoms with Crippen LogP contribution in [0.4, 0.5) is 11.4 Å². The lowest BCUT2D eigenvalue weighted by Gasteiger charge is -2.19. The van der Waals surface area contributed by atoms with E-state index in [4.69, 9.17) is 23.8 Å². The SMILES string of the molecule is C=CCN(CC=C)S(=O)(=O)c1ccc(NC(=S)NC(=O)c2ccc(Cl)c([N+](=O)[O-])c2)cc1. The van der Waals surface area contributed by atoms with Gasteiger partial charge in [-0.05, 0) is 48.6 Å². The van der Waals surface area contributed by atoms with Crippen molar-refractivity contribution in [2.24, 2.45) is 0 Å². The number of carbonyl (C=O) groups is 1. The van der Waals surface area contributed by atoms with Crippen molar-refractivity contribution in [3.63, 3.8) is 0 Å². The number of nitrogens with one attached hydrogen (secondary N) is 2. The predicted molar refractivity (Wildman–Crippen MR) is 127 cm³/mol. The van der Waals surface area contributed by atoms with Crippen molar-refractivity contribution in [2.45, 2.75) is 4.90 Å². The van der Waals surface area contributed by atoms with Crippen LogP contribution in [-0.2, 0) is 10.0 Å². The third kappa shape index (κ3) is 6.20. The molecule has 0 aliphatic heterocycles. The number of benzene rings is 2. The predicted octanol–water partition coefficient (Wildman–Crippen LogP) is 3.74. The van der Waals surface area contributed by atoms with Crippen LogP contribution in [0.25, 0.3) is 0 Å². The minimum atomic E-state index is -3.75. The number of hydrogen-bond acceptors (Lipinski definition) is 6. The fraction of sp³-hybridized carbons (Fsp3) is 0.100. The number of nitro benzene ring substituents is 1.